The zero-order valence-corrected chi connectivity index (χ0v) is 13.1. The van der Waals surface area contributed by atoms with Crippen LogP contribution >= 0.6 is 0 Å². The van der Waals surface area contributed by atoms with Gasteiger partial charge in [0.1, 0.15) is 5.60 Å². The van der Waals surface area contributed by atoms with E-state index in [0.717, 1.165) is 18.4 Å². The molecule has 6 nitrogen and oxygen atoms in total. The highest BCUT2D eigenvalue weighted by molar-refractivity contribution is 6.46. The van der Waals surface area contributed by atoms with Gasteiger partial charge in [0.25, 0.3) is 0 Å². The highest BCUT2D eigenvalue weighted by Gasteiger charge is 2.23. The van der Waals surface area contributed by atoms with Crippen LogP contribution in [0.3, 0.4) is 0 Å². The first-order valence-electron chi connectivity index (χ1n) is 7.14. The molecule has 0 fully saturated rings. The minimum Gasteiger partial charge on any atom is -0.472 e. The molecule has 0 aliphatic heterocycles. The quantitative estimate of drug-likeness (QED) is 0.735. The lowest BCUT2D eigenvalue weighted by atomic mass is 9.96. The molecule has 0 spiro atoms. The van der Waals surface area contributed by atoms with Crippen molar-refractivity contribution in [3.05, 3.63) is 36.9 Å². The Balaban J connectivity index is 2.19. The van der Waals surface area contributed by atoms with Crippen molar-refractivity contribution in [2.24, 2.45) is 0 Å². The fourth-order valence-corrected chi connectivity index (χ4v) is 2.39. The molecule has 0 bridgehead atoms. The second kappa shape index (κ2) is 5.59. The molecule has 23 heavy (non-hydrogen) atoms. The van der Waals surface area contributed by atoms with Gasteiger partial charge in [0.15, 0.2) is 0 Å². The molecule has 0 aliphatic carbocycles. The van der Waals surface area contributed by atoms with Crippen LogP contribution in [0.1, 0.15) is 20.8 Å². The SMILES string of the molecule is CC(C)(C)OC(=O)n1c([B]O)cc2c(-c3ccoc3)nccc21. The van der Waals surface area contributed by atoms with Crippen molar-refractivity contribution >= 4 is 30.1 Å². The summed E-state index contributed by atoms with van der Waals surface area (Å²) in [5.41, 5.74) is 1.75. The molecule has 1 radical (unpaired) electrons. The van der Waals surface area contributed by atoms with Gasteiger partial charge in [-0.05, 0) is 39.0 Å². The van der Waals surface area contributed by atoms with Crippen molar-refractivity contribution in [1.29, 1.82) is 0 Å². The van der Waals surface area contributed by atoms with Crippen molar-refractivity contribution in [3.8, 4) is 11.3 Å². The Hall–Kier alpha value is -2.54. The van der Waals surface area contributed by atoms with Gasteiger partial charge in [-0.1, -0.05) is 0 Å². The van der Waals surface area contributed by atoms with Gasteiger partial charge in [0.05, 0.1) is 23.7 Å². The predicted molar refractivity (Wildman–Crippen MR) is 86.7 cm³/mol. The minimum absolute atomic E-state index is 0.326. The van der Waals surface area contributed by atoms with E-state index < -0.39 is 11.7 Å². The molecular weight excluding hydrogens is 295 g/mol. The molecule has 0 atom stereocenters. The normalized spacial score (nSPS) is 11.7. The zero-order chi connectivity index (χ0) is 16.6. The summed E-state index contributed by atoms with van der Waals surface area (Å²) in [5.74, 6) is 0. The van der Waals surface area contributed by atoms with E-state index in [2.05, 4.69) is 4.98 Å². The Labute approximate surface area is 134 Å². The summed E-state index contributed by atoms with van der Waals surface area (Å²) in [6.45, 7) is 5.37. The van der Waals surface area contributed by atoms with Crippen LogP contribution in [-0.2, 0) is 4.74 Å². The van der Waals surface area contributed by atoms with Gasteiger partial charge in [-0.15, -0.1) is 0 Å². The van der Waals surface area contributed by atoms with E-state index in [9.17, 15) is 9.82 Å². The zero-order valence-electron chi connectivity index (χ0n) is 13.1. The lowest BCUT2D eigenvalue weighted by Gasteiger charge is -2.20. The Kier molecular flexibility index (Phi) is 3.73. The van der Waals surface area contributed by atoms with E-state index in [1.165, 1.54) is 4.57 Å². The lowest BCUT2D eigenvalue weighted by molar-refractivity contribution is 0.0549. The van der Waals surface area contributed by atoms with Crippen LogP contribution in [0.15, 0.2) is 41.3 Å². The Morgan fingerprint density at radius 3 is 2.78 bits per heavy atom. The van der Waals surface area contributed by atoms with E-state index in [1.54, 1.807) is 57.7 Å². The number of carbonyl (C=O) groups excluding carboxylic acids is 1. The highest BCUT2D eigenvalue weighted by Crippen LogP contribution is 2.27. The Morgan fingerprint density at radius 2 is 2.17 bits per heavy atom. The lowest BCUT2D eigenvalue weighted by Crippen LogP contribution is -2.34. The van der Waals surface area contributed by atoms with Crippen LogP contribution in [0.5, 0.6) is 0 Å². The maximum Gasteiger partial charge on any atom is 0.418 e. The molecule has 0 unspecified atom stereocenters. The topological polar surface area (TPSA) is 77.5 Å². The second-order valence-corrected chi connectivity index (χ2v) is 6.12. The van der Waals surface area contributed by atoms with Gasteiger partial charge in [-0.25, -0.2) is 4.79 Å². The average molecular weight is 311 g/mol. The molecule has 0 aliphatic rings. The van der Waals surface area contributed by atoms with E-state index in [4.69, 9.17) is 9.15 Å². The van der Waals surface area contributed by atoms with Crippen molar-refractivity contribution in [2.45, 2.75) is 26.4 Å². The van der Waals surface area contributed by atoms with Crippen LogP contribution in [0.4, 0.5) is 4.79 Å². The summed E-state index contributed by atoms with van der Waals surface area (Å²) in [7, 11) is 0.878. The van der Waals surface area contributed by atoms with Gasteiger partial charge >= 0.3 is 13.6 Å². The molecule has 0 saturated heterocycles. The van der Waals surface area contributed by atoms with Crippen LogP contribution in [0.2, 0.25) is 0 Å². The number of rotatable bonds is 2. The standard InChI is InChI=1S/C16H16BN2O4/c1-16(2,3)23-15(20)19-12-4-6-18-14(10-5-7-22-9-10)11(12)8-13(19)17-21/h4-9,21H,1-3H3. The summed E-state index contributed by atoms with van der Waals surface area (Å²) in [4.78, 5) is 16.8. The molecule has 3 heterocycles. The molecule has 3 rings (SSSR count). The van der Waals surface area contributed by atoms with Crippen molar-refractivity contribution in [3.63, 3.8) is 0 Å². The summed E-state index contributed by atoms with van der Waals surface area (Å²) < 4.78 is 11.8. The number of hydrogen-bond donors (Lipinski definition) is 1. The molecule has 3 aromatic heterocycles. The van der Waals surface area contributed by atoms with Crippen LogP contribution < -0.4 is 5.59 Å². The van der Waals surface area contributed by atoms with E-state index >= 15 is 0 Å². The minimum atomic E-state index is -0.638. The van der Waals surface area contributed by atoms with Gasteiger partial charge in [0.2, 0.25) is 0 Å². The largest absolute Gasteiger partial charge is 0.472 e. The molecular formula is C16H16BN2O4. The van der Waals surface area contributed by atoms with E-state index in [1.807, 2.05) is 0 Å². The fraction of sp³-hybridized carbons (Fsp3) is 0.250. The fourth-order valence-electron chi connectivity index (χ4n) is 2.39. The highest BCUT2D eigenvalue weighted by atomic mass is 16.6. The predicted octanol–water partition coefficient (Wildman–Crippen LogP) is 2.32. The maximum atomic E-state index is 12.5. The third-order valence-corrected chi connectivity index (χ3v) is 3.26. The van der Waals surface area contributed by atoms with Gasteiger partial charge in [0, 0.05) is 22.7 Å². The van der Waals surface area contributed by atoms with Crippen molar-refractivity contribution in [2.75, 3.05) is 0 Å². The number of pyridine rings is 1. The third kappa shape index (κ3) is 2.87. The molecule has 0 aromatic carbocycles. The number of fused-ring (bicyclic) bond motifs is 1. The molecule has 0 saturated carbocycles. The maximum absolute atomic E-state index is 12.5. The van der Waals surface area contributed by atoms with Gasteiger partial charge in [-0.2, -0.15) is 0 Å². The van der Waals surface area contributed by atoms with Crippen LogP contribution in [0.25, 0.3) is 22.2 Å². The average Bonchev–Trinajstić information content (AvgIpc) is 3.11. The molecule has 7 heteroatoms. The Morgan fingerprint density at radius 1 is 1.39 bits per heavy atom. The number of ether oxygens (including phenoxy) is 1. The smallest absolute Gasteiger partial charge is 0.418 e. The summed E-state index contributed by atoms with van der Waals surface area (Å²) in [6.07, 6.45) is 4.18. The van der Waals surface area contributed by atoms with Crippen molar-refractivity contribution < 1.29 is 19.0 Å². The van der Waals surface area contributed by atoms with Gasteiger partial charge in [-0.3, -0.25) is 9.55 Å². The number of carbonyl (C=O) groups is 1. The number of nitrogens with zero attached hydrogens (tertiary/aromatic N) is 2. The first-order valence-corrected chi connectivity index (χ1v) is 7.14. The number of aromatic nitrogens is 2. The van der Waals surface area contributed by atoms with Crippen molar-refractivity contribution in [1.82, 2.24) is 9.55 Å². The molecule has 0 amide bonds. The summed E-state index contributed by atoms with van der Waals surface area (Å²) >= 11 is 0. The van der Waals surface area contributed by atoms with Gasteiger partial charge < -0.3 is 14.2 Å². The molecule has 117 valence electrons. The van der Waals surface area contributed by atoms with E-state index in [-0.39, 0.29) is 0 Å². The second-order valence-electron chi connectivity index (χ2n) is 6.12. The Bertz CT molecular complexity index is 847. The molecule has 3 aromatic rings. The van der Waals surface area contributed by atoms with Crippen LogP contribution in [0, 0.1) is 0 Å². The first kappa shape index (κ1) is 15.4. The number of hydrogen-bond acceptors (Lipinski definition) is 5. The molecule has 1 N–H and O–H groups in total. The first-order chi connectivity index (χ1) is 10.9. The third-order valence-electron chi connectivity index (χ3n) is 3.26. The monoisotopic (exact) mass is 311 g/mol. The summed E-state index contributed by atoms with van der Waals surface area (Å²) in [5, 5.41) is 10.2. The summed E-state index contributed by atoms with van der Waals surface area (Å²) in [6, 6.07) is 5.18. The van der Waals surface area contributed by atoms with E-state index in [0.29, 0.717) is 16.8 Å². The van der Waals surface area contributed by atoms with Crippen LogP contribution in [-0.4, -0.2) is 33.8 Å². The number of furan rings is 1.